The minimum atomic E-state index is -0.269. The van der Waals surface area contributed by atoms with Crippen LogP contribution < -0.4 is 35.2 Å². The Bertz CT molecular complexity index is 3480. The maximum atomic E-state index is 12.1. The van der Waals surface area contributed by atoms with Crippen LogP contribution in [0.1, 0.15) is 139 Å². The molecule has 2 aliphatic rings. The molecule has 15 nitrogen and oxygen atoms in total. The maximum Gasteiger partial charge on any atom is 1.00 e. The Morgan fingerprint density at radius 1 is 0.596 bits per heavy atom. The van der Waals surface area contributed by atoms with Crippen molar-refractivity contribution >= 4 is 46.6 Å². The summed E-state index contributed by atoms with van der Waals surface area (Å²) in [5.74, 6) is 0.656. The van der Waals surface area contributed by atoms with Gasteiger partial charge in [-0.3, -0.25) is 44.5 Å². The number of carbonyl (C=O) groups is 3. The number of pyridine rings is 5. The second-order valence-corrected chi connectivity index (χ2v) is 21.3. The number of nitrogens with one attached hydrogen (secondary N) is 2. The molecule has 1 amide bonds. The summed E-state index contributed by atoms with van der Waals surface area (Å²) in [4.78, 5) is 64.9. The van der Waals surface area contributed by atoms with Gasteiger partial charge in [-0.1, -0.05) is 186 Å². The van der Waals surface area contributed by atoms with E-state index in [0.717, 1.165) is 68.9 Å². The smallest absolute Gasteiger partial charge is 1.00 e. The fourth-order valence-corrected chi connectivity index (χ4v) is 9.82. The van der Waals surface area contributed by atoms with Crippen molar-refractivity contribution in [2.24, 2.45) is 33.5 Å². The van der Waals surface area contributed by atoms with Crippen molar-refractivity contribution in [2.45, 2.75) is 99.4 Å². The monoisotopic (exact) mass is 1270 g/mol. The van der Waals surface area contributed by atoms with Crippen LogP contribution in [0.15, 0.2) is 265 Å². The van der Waals surface area contributed by atoms with Gasteiger partial charge < -0.3 is 27.3 Å². The summed E-state index contributed by atoms with van der Waals surface area (Å²) in [5, 5.41) is 6.38. The number of allylic oxidation sites excluding steroid dienone is 1. The van der Waals surface area contributed by atoms with Crippen LogP contribution in [0.5, 0.6) is 0 Å². The van der Waals surface area contributed by atoms with Crippen molar-refractivity contribution < 1.29 is 44.1 Å². The van der Waals surface area contributed by atoms with Gasteiger partial charge in [-0.2, -0.15) is 0 Å². The average molecular weight is 1270 g/mol. The molecule has 0 spiro atoms. The summed E-state index contributed by atoms with van der Waals surface area (Å²) < 4.78 is 9.72. The van der Waals surface area contributed by atoms with E-state index in [9.17, 15) is 14.4 Å². The number of hydrogen-bond acceptors (Lipinski definition) is 14. The molecule has 0 radical (unpaired) electrons. The Morgan fingerprint density at radius 2 is 1.04 bits per heavy atom. The summed E-state index contributed by atoms with van der Waals surface area (Å²) in [6, 6.07) is 70.4. The van der Waals surface area contributed by atoms with Crippen LogP contribution in [0.3, 0.4) is 0 Å². The zero-order valence-corrected chi connectivity index (χ0v) is 54.1. The van der Waals surface area contributed by atoms with Crippen molar-refractivity contribution in [3.05, 3.63) is 306 Å². The number of esters is 2. The Labute approximate surface area is 581 Å². The van der Waals surface area contributed by atoms with Gasteiger partial charge in [0, 0.05) is 72.3 Å². The number of amides is 1. The molecule has 9 aromatic rings. The molecule has 17 heteroatoms. The van der Waals surface area contributed by atoms with Crippen LogP contribution in [0.25, 0.3) is 0 Å². The van der Waals surface area contributed by atoms with Gasteiger partial charge in [0.1, 0.15) is 0 Å². The van der Waals surface area contributed by atoms with Crippen molar-refractivity contribution in [3.8, 4) is 0 Å². The van der Waals surface area contributed by atoms with Gasteiger partial charge in [0.25, 0.3) is 0 Å². The third-order valence-corrected chi connectivity index (χ3v) is 14.4. The molecular formula is C77H94AlLiN10O5. The molecule has 0 bridgehead atoms. The number of hydrogen-bond donors (Lipinski definition) is 3. The normalized spacial score (nSPS) is 15.2. The van der Waals surface area contributed by atoms with Crippen LogP contribution in [0.2, 0.25) is 0 Å². The third kappa shape index (κ3) is 28.2. The first-order valence-electron chi connectivity index (χ1n) is 31.1. The number of carbonyl (C=O) groups excluding carboxylic acids is 3. The van der Waals surface area contributed by atoms with Crippen molar-refractivity contribution in [2.75, 3.05) is 19.8 Å². The number of rotatable bonds is 17. The van der Waals surface area contributed by atoms with Gasteiger partial charge in [-0.05, 0) is 112 Å². The molecule has 5 aromatic heterocycles. The quantitative estimate of drug-likeness (QED) is 0.0337. The van der Waals surface area contributed by atoms with E-state index in [0.29, 0.717) is 44.7 Å². The summed E-state index contributed by atoms with van der Waals surface area (Å²) >= 11 is 0. The van der Waals surface area contributed by atoms with Crippen LogP contribution >= 0.6 is 0 Å². The number of ether oxygens (including phenoxy) is 2. The van der Waals surface area contributed by atoms with Crippen molar-refractivity contribution in [1.82, 2.24) is 35.6 Å². The summed E-state index contributed by atoms with van der Waals surface area (Å²) in [6.45, 7) is 14.8. The van der Waals surface area contributed by atoms with Gasteiger partial charge in [-0.25, -0.2) is 4.79 Å². The molecule has 7 heterocycles. The van der Waals surface area contributed by atoms with Gasteiger partial charge in [0.05, 0.1) is 84.2 Å². The maximum absolute atomic E-state index is 12.1. The third-order valence-electron chi connectivity index (χ3n) is 14.4. The summed E-state index contributed by atoms with van der Waals surface area (Å²) in [7, 11) is 0. The van der Waals surface area contributed by atoms with E-state index >= 15 is 0 Å². The first-order chi connectivity index (χ1) is 44.5. The molecule has 0 saturated carbocycles. The molecule has 6 atom stereocenters. The molecule has 2 fully saturated rings. The van der Waals surface area contributed by atoms with Crippen LogP contribution in [-0.2, 0) is 36.9 Å². The minimum Gasteiger partial charge on any atom is -1.00 e. The topological polar surface area (TPSA) is 209 Å². The first kappa shape index (κ1) is 79.4. The number of aromatic nitrogens is 5. The Kier molecular flexibility index (Phi) is 39.1. The Hall–Kier alpha value is -8.83. The molecular weight excluding hydrogens is 1180 g/mol. The van der Waals surface area contributed by atoms with E-state index in [1.54, 1.807) is 44.7 Å². The van der Waals surface area contributed by atoms with Crippen molar-refractivity contribution in [3.63, 3.8) is 0 Å². The predicted molar refractivity (Wildman–Crippen MR) is 381 cm³/mol. The molecule has 94 heavy (non-hydrogen) atoms. The standard InChI is InChI=1S/C25H26N2O2.C19H16N2.C10H12N2O.C10H14N2.C6H8N2.C6H10O2.CH4.Al.Li.4H/c1-3-29-23(28)18-19(2)24(22-16-10-11-17-26-22)27-25(20-12-6-4-7-13-20)21-14-8-5-9-15-21;1-3-9-16(10-4-1)19(17-11-5-2-6-12-17)21-15-18-13-7-8-14-20-18;1-7-6-9(13)12-10(7)8-4-2-3-5-11-8;1-8-5-7-12-10(8)9-4-2-3-6-11-9;7-5-6-3-1-2-4-8-6;1-3-5-6(7)8-4-2;;;;;;;/h4-17,19,24H,3,18H2,1-2H3;1-14H,15H2;2-5,7,10H,6H2,1H3,(H,12,13);2-4,6,8,10,12H,5,7H2,1H3;1-4H,5,7H2;3,5H,4H2,1-2H3;1H4;;;;;;/q;;;;;;;;+1;;;;-1/b;;;;;5-3+;;;;;;;. The van der Waals surface area contributed by atoms with E-state index < -0.39 is 0 Å². The van der Waals surface area contributed by atoms with Gasteiger partial charge >= 0.3 is 30.8 Å². The average Bonchev–Trinajstić information content (AvgIpc) is 1.37. The van der Waals surface area contributed by atoms with Gasteiger partial charge in [-0.15, -0.1) is 0 Å². The molecule has 2 aliphatic heterocycles. The molecule has 0 aliphatic carbocycles. The largest absolute Gasteiger partial charge is 1.00 e. The van der Waals surface area contributed by atoms with E-state index in [-0.39, 0.29) is 87.3 Å². The van der Waals surface area contributed by atoms with Crippen LogP contribution in [0.4, 0.5) is 0 Å². The van der Waals surface area contributed by atoms with Crippen LogP contribution in [-0.4, -0.2) is 91.3 Å². The van der Waals surface area contributed by atoms with Crippen molar-refractivity contribution in [1.29, 1.82) is 0 Å². The summed E-state index contributed by atoms with van der Waals surface area (Å²) in [6.07, 6.45) is 14.1. The van der Waals surface area contributed by atoms with Gasteiger partial charge in [0.15, 0.2) is 17.4 Å². The van der Waals surface area contributed by atoms with E-state index in [2.05, 4.69) is 115 Å². The Morgan fingerprint density at radius 3 is 1.43 bits per heavy atom. The summed E-state index contributed by atoms with van der Waals surface area (Å²) in [5.41, 5.74) is 16.4. The minimum absolute atomic E-state index is 0. The number of nitrogens with zero attached hydrogens (tertiary/aromatic N) is 7. The zero-order chi connectivity index (χ0) is 64.7. The van der Waals surface area contributed by atoms with E-state index in [4.69, 9.17) is 20.5 Å². The number of benzene rings is 4. The molecule has 2 saturated heterocycles. The fraction of sp³-hybridized carbons (Fsp3) is 0.273. The van der Waals surface area contributed by atoms with E-state index in [1.807, 2.05) is 172 Å². The van der Waals surface area contributed by atoms with E-state index in [1.165, 1.54) is 18.2 Å². The predicted octanol–water partition coefficient (Wildman–Crippen LogP) is 10.6. The fourth-order valence-electron chi connectivity index (χ4n) is 9.82. The molecule has 6 unspecified atom stereocenters. The molecule has 11 rings (SSSR count). The SMILES string of the molecule is C.C/C=C/C(=O)OCC.CC1CC(=O)NC1c1ccccn1.CC1CCNC1c1ccccn1.CCOC(=O)CC(C)C(N=C(c1ccccc1)c1ccccc1)c1ccccn1.NCc1ccccn1.[AlH3].[H-].[Li+].c1ccc(C(=NCc2ccccn2)c2ccccc2)cc1. The molecule has 4 N–H and O–H groups in total. The number of aliphatic imine (C=N–C) groups is 2. The number of nitrogens with two attached hydrogens (primary N) is 1. The zero-order valence-electron chi connectivity index (χ0n) is 55.1. The first-order valence-corrected chi connectivity index (χ1v) is 31.1. The second-order valence-electron chi connectivity index (χ2n) is 21.3. The Balaban J connectivity index is 0.000000410. The van der Waals surface area contributed by atoms with Gasteiger partial charge in [0.2, 0.25) is 5.91 Å². The second kappa shape index (κ2) is 46.3. The molecule has 486 valence electrons. The molecule has 4 aromatic carbocycles. The van der Waals surface area contributed by atoms with Crippen LogP contribution in [0, 0.1) is 17.8 Å².